The number of aliphatic hydroxyl groups excluding tert-OH is 1. The first kappa shape index (κ1) is 18.9. The van der Waals surface area contributed by atoms with E-state index >= 15 is 0 Å². The number of halogens is 3. The van der Waals surface area contributed by atoms with Gasteiger partial charge in [0.1, 0.15) is 4.90 Å². The van der Waals surface area contributed by atoms with Crippen molar-refractivity contribution in [3.8, 4) is 5.88 Å². The van der Waals surface area contributed by atoms with Crippen LogP contribution < -0.4 is 9.46 Å². The second-order valence-corrected chi connectivity index (χ2v) is 7.47. The highest BCUT2D eigenvalue weighted by atomic mass is 32.2. The zero-order chi connectivity index (χ0) is 17.8. The molecule has 1 aliphatic carbocycles. The fourth-order valence-corrected chi connectivity index (χ4v) is 3.77. The van der Waals surface area contributed by atoms with Crippen molar-refractivity contribution < 1.29 is 31.4 Å². The second-order valence-electron chi connectivity index (χ2n) is 5.76. The Morgan fingerprint density at radius 3 is 2.42 bits per heavy atom. The number of sulfonamides is 1. The molecule has 0 spiro atoms. The molecule has 24 heavy (non-hydrogen) atoms. The Hall–Kier alpha value is -1.39. The summed E-state index contributed by atoms with van der Waals surface area (Å²) in [5.74, 6) is -0.0905. The summed E-state index contributed by atoms with van der Waals surface area (Å²) in [7, 11) is -3.80. The lowest BCUT2D eigenvalue weighted by Gasteiger charge is -2.27. The summed E-state index contributed by atoms with van der Waals surface area (Å²) in [6.45, 7) is -1.39. The second kappa shape index (κ2) is 7.66. The van der Waals surface area contributed by atoms with Crippen molar-refractivity contribution >= 4 is 10.0 Å². The molecular weight excluding hydrogens is 349 g/mol. The molecule has 0 radical (unpaired) electrons. The summed E-state index contributed by atoms with van der Waals surface area (Å²) in [5, 5.41) is 9.08. The minimum atomic E-state index is -4.48. The van der Waals surface area contributed by atoms with Gasteiger partial charge in [0.2, 0.25) is 15.9 Å². The molecule has 0 aromatic carbocycles. The molecule has 0 atom stereocenters. The van der Waals surface area contributed by atoms with E-state index in [1.54, 1.807) is 0 Å². The molecule has 1 saturated carbocycles. The number of pyridine rings is 1. The van der Waals surface area contributed by atoms with Crippen molar-refractivity contribution in [2.75, 3.05) is 13.2 Å². The molecule has 10 heteroatoms. The Balaban J connectivity index is 1.94. The zero-order valence-electron chi connectivity index (χ0n) is 12.8. The van der Waals surface area contributed by atoms with Crippen molar-refractivity contribution in [1.29, 1.82) is 0 Å². The number of alkyl halides is 3. The number of hydrogen-bond acceptors (Lipinski definition) is 5. The summed E-state index contributed by atoms with van der Waals surface area (Å²) < 4.78 is 67.7. The average Bonchev–Trinajstić information content (AvgIpc) is 2.53. The maximum absolute atomic E-state index is 12.3. The number of nitrogens with zero attached hydrogens (tertiary/aromatic N) is 1. The molecule has 136 valence electrons. The van der Waals surface area contributed by atoms with Crippen molar-refractivity contribution in [3.05, 3.63) is 18.3 Å². The van der Waals surface area contributed by atoms with Gasteiger partial charge in [-0.3, -0.25) is 0 Å². The van der Waals surface area contributed by atoms with E-state index in [9.17, 15) is 21.6 Å². The van der Waals surface area contributed by atoms with Crippen LogP contribution in [0, 0.1) is 5.92 Å². The molecule has 6 nitrogen and oxygen atoms in total. The Kier molecular flexibility index (Phi) is 6.05. The highest BCUT2D eigenvalue weighted by Crippen LogP contribution is 2.25. The molecule has 0 aliphatic heterocycles. The van der Waals surface area contributed by atoms with Gasteiger partial charge in [0.05, 0.1) is 6.20 Å². The van der Waals surface area contributed by atoms with Crippen LogP contribution in [-0.4, -0.2) is 43.9 Å². The van der Waals surface area contributed by atoms with Gasteiger partial charge >= 0.3 is 6.18 Å². The maximum Gasteiger partial charge on any atom is 0.422 e. The predicted molar refractivity (Wildman–Crippen MR) is 78.9 cm³/mol. The summed E-state index contributed by atoms with van der Waals surface area (Å²) >= 11 is 0. The summed E-state index contributed by atoms with van der Waals surface area (Å²) in [4.78, 5) is 3.46. The van der Waals surface area contributed by atoms with Crippen molar-refractivity contribution in [2.45, 2.75) is 42.8 Å². The number of hydrogen-bond donors (Lipinski definition) is 2. The Morgan fingerprint density at radius 1 is 1.25 bits per heavy atom. The van der Waals surface area contributed by atoms with Crippen LogP contribution >= 0.6 is 0 Å². The predicted octanol–water partition coefficient (Wildman–Crippen LogP) is 1.85. The van der Waals surface area contributed by atoms with Crippen LogP contribution in [0.5, 0.6) is 5.88 Å². The average molecular weight is 368 g/mol. The quantitative estimate of drug-likeness (QED) is 0.800. The highest BCUT2D eigenvalue weighted by molar-refractivity contribution is 7.89. The lowest BCUT2D eigenvalue weighted by atomic mass is 9.87. The van der Waals surface area contributed by atoms with E-state index in [0.717, 1.165) is 31.2 Å². The number of rotatable bonds is 6. The first-order valence-electron chi connectivity index (χ1n) is 7.48. The summed E-state index contributed by atoms with van der Waals surface area (Å²) in [5.41, 5.74) is 0. The first-order chi connectivity index (χ1) is 11.2. The largest absolute Gasteiger partial charge is 0.468 e. The maximum atomic E-state index is 12.3. The van der Waals surface area contributed by atoms with Crippen LogP contribution in [-0.2, 0) is 10.0 Å². The summed E-state index contributed by atoms with van der Waals surface area (Å²) in [6.07, 6.45) is -0.775. The third-order valence-electron chi connectivity index (χ3n) is 3.83. The molecule has 0 unspecified atom stereocenters. The van der Waals surface area contributed by atoms with Crippen LogP contribution in [0.15, 0.2) is 23.2 Å². The molecule has 1 aromatic rings. The van der Waals surface area contributed by atoms with Crippen molar-refractivity contribution in [3.63, 3.8) is 0 Å². The lowest BCUT2D eigenvalue weighted by Crippen LogP contribution is -2.38. The van der Waals surface area contributed by atoms with Crippen LogP contribution in [0.4, 0.5) is 13.2 Å². The smallest absolute Gasteiger partial charge is 0.422 e. The number of nitrogens with one attached hydrogen (secondary N) is 1. The van der Waals surface area contributed by atoms with Gasteiger partial charge in [-0.05, 0) is 37.7 Å². The molecule has 2 N–H and O–H groups in total. The van der Waals surface area contributed by atoms with E-state index < -0.39 is 22.8 Å². The zero-order valence-corrected chi connectivity index (χ0v) is 13.6. The van der Waals surface area contributed by atoms with Gasteiger partial charge in [-0.1, -0.05) is 0 Å². The van der Waals surface area contributed by atoms with Gasteiger partial charge in [0, 0.05) is 18.7 Å². The standard InChI is InChI=1S/C14H19F3N2O4S/c15-14(16,17)9-23-13-6-5-12(7-18-13)24(21,22)19-11-3-1-10(8-20)2-4-11/h5-7,10-11,19-20H,1-4,8-9H2. The van der Waals surface area contributed by atoms with E-state index in [1.807, 2.05) is 0 Å². The van der Waals surface area contributed by atoms with E-state index in [0.29, 0.717) is 12.8 Å². The SMILES string of the molecule is O=S(=O)(NC1CCC(CO)CC1)c1ccc(OCC(F)(F)F)nc1. The Labute approximate surface area is 138 Å². The van der Waals surface area contributed by atoms with Crippen LogP contribution in [0.25, 0.3) is 0 Å². The molecule has 0 saturated heterocycles. The Morgan fingerprint density at radius 2 is 1.92 bits per heavy atom. The molecular formula is C14H19F3N2O4S. The van der Waals surface area contributed by atoms with Crippen molar-refractivity contribution in [2.24, 2.45) is 5.92 Å². The third kappa shape index (κ3) is 5.60. The molecule has 1 heterocycles. The van der Waals surface area contributed by atoms with Gasteiger partial charge in [-0.15, -0.1) is 0 Å². The lowest BCUT2D eigenvalue weighted by molar-refractivity contribution is -0.154. The van der Waals surface area contributed by atoms with E-state index in [2.05, 4.69) is 14.4 Å². The number of aromatic nitrogens is 1. The Bertz CT molecular complexity index is 626. The monoisotopic (exact) mass is 368 g/mol. The molecule has 1 aromatic heterocycles. The third-order valence-corrected chi connectivity index (χ3v) is 5.34. The normalized spacial score (nSPS) is 22.3. The topological polar surface area (TPSA) is 88.5 Å². The van der Waals surface area contributed by atoms with Crippen molar-refractivity contribution in [1.82, 2.24) is 9.71 Å². The number of ether oxygens (including phenoxy) is 1. The molecule has 0 bridgehead atoms. The van der Waals surface area contributed by atoms with E-state index in [1.165, 1.54) is 0 Å². The fraction of sp³-hybridized carbons (Fsp3) is 0.643. The van der Waals surface area contributed by atoms with Gasteiger partial charge in [0.15, 0.2) is 6.61 Å². The molecule has 1 fully saturated rings. The molecule has 1 aliphatic rings. The molecule has 2 rings (SSSR count). The first-order valence-corrected chi connectivity index (χ1v) is 8.97. The minimum absolute atomic E-state index is 0.1000. The minimum Gasteiger partial charge on any atom is -0.468 e. The van der Waals surface area contributed by atoms with Gasteiger partial charge < -0.3 is 9.84 Å². The van der Waals surface area contributed by atoms with E-state index in [4.69, 9.17) is 5.11 Å². The van der Waals surface area contributed by atoms with E-state index in [-0.39, 0.29) is 29.3 Å². The van der Waals surface area contributed by atoms with Gasteiger partial charge in [0.25, 0.3) is 0 Å². The van der Waals surface area contributed by atoms with Crippen LogP contribution in [0.3, 0.4) is 0 Å². The van der Waals surface area contributed by atoms with Gasteiger partial charge in [-0.2, -0.15) is 13.2 Å². The highest BCUT2D eigenvalue weighted by Gasteiger charge is 2.29. The van der Waals surface area contributed by atoms with Crippen LogP contribution in [0.1, 0.15) is 25.7 Å². The summed E-state index contributed by atoms with van der Waals surface area (Å²) in [6, 6.07) is 2.02. The van der Waals surface area contributed by atoms with Crippen LogP contribution in [0.2, 0.25) is 0 Å². The number of aliphatic hydroxyl groups is 1. The van der Waals surface area contributed by atoms with Gasteiger partial charge in [-0.25, -0.2) is 18.1 Å². The molecule has 0 amide bonds. The fourth-order valence-electron chi connectivity index (χ4n) is 2.52.